The summed E-state index contributed by atoms with van der Waals surface area (Å²) in [6, 6.07) is 16.4. The first-order chi connectivity index (χ1) is 14.2. The van der Waals surface area contributed by atoms with Crippen LogP contribution in [0.25, 0.3) is 11.0 Å². The van der Waals surface area contributed by atoms with Gasteiger partial charge in [0.1, 0.15) is 0 Å². The van der Waals surface area contributed by atoms with E-state index in [1.807, 2.05) is 53.1 Å². The Morgan fingerprint density at radius 2 is 2.03 bits per heavy atom. The number of benzene rings is 2. The number of rotatable bonds is 4. The Labute approximate surface area is 165 Å². The molecule has 2 N–H and O–H groups in total. The Kier molecular flexibility index (Phi) is 4.09. The average Bonchev–Trinajstić information content (AvgIpc) is 3.36. The lowest BCUT2D eigenvalue weighted by Crippen LogP contribution is -2.35. The summed E-state index contributed by atoms with van der Waals surface area (Å²) in [6.07, 6.45) is 1.90. The molecule has 2 amide bonds. The van der Waals surface area contributed by atoms with E-state index >= 15 is 0 Å². The molecule has 0 aliphatic carbocycles. The summed E-state index contributed by atoms with van der Waals surface area (Å²) >= 11 is 0. The summed E-state index contributed by atoms with van der Waals surface area (Å²) in [4.78, 5) is 29.0. The van der Waals surface area contributed by atoms with Crippen molar-refractivity contribution in [1.82, 2.24) is 20.0 Å². The third kappa shape index (κ3) is 3.25. The van der Waals surface area contributed by atoms with Gasteiger partial charge < -0.3 is 19.7 Å². The van der Waals surface area contributed by atoms with Gasteiger partial charge in [-0.15, -0.1) is 0 Å². The summed E-state index contributed by atoms with van der Waals surface area (Å²) in [6.45, 7) is 0.412. The minimum absolute atomic E-state index is 0.137. The van der Waals surface area contributed by atoms with Crippen LogP contribution in [0.5, 0.6) is 0 Å². The fourth-order valence-corrected chi connectivity index (χ4v) is 3.57. The SMILES string of the molecule is O=C1C[C@H](NC(=O)c2cc(Cn3cnc4ccccc43)on2)c2ccccc2N1. The number of fused-ring (bicyclic) bond motifs is 2. The number of para-hydroxylation sites is 3. The normalized spacial score (nSPS) is 15.7. The molecule has 8 nitrogen and oxygen atoms in total. The van der Waals surface area contributed by atoms with Gasteiger partial charge in [0, 0.05) is 11.8 Å². The molecule has 2 aromatic carbocycles. The maximum atomic E-state index is 12.7. The Morgan fingerprint density at radius 1 is 1.21 bits per heavy atom. The first-order valence-electron chi connectivity index (χ1n) is 9.22. The fourth-order valence-electron chi connectivity index (χ4n) is 3.57. The van der Waals surface area contributed by atoms with E-state index in [1.54, 1.807) is 12.4 Å². The lowest BCUT2D eigenvalue weighted by Gasteiger charge is -2.25. The van der Waals surface area contributed by atoms with Crippen LogP contribution < -0.4 is 10.6 Å². The van der Waals surface area contributed by atoms with Gasteiger partial charge in [-0.1, -0.05) is 35.5 Å². The van der Waals surface area contributed by atoms with Gasteiger partial charge >= 0.3 is 0 Å². The molecule has 0 unspecified atom stereocenters. The molecule has 1 aliphatic heterocycles. The van der Waals surface area contributed by atoms with Gasteiger partial charge in [-0.2, -0.15) is 0 Å². The maximum Gasteiger partial charge on any atom is 0.273 e. The van der Waals surface area contributed by atoms with Crippen LogP contribution in [0, 0.1) is 0 Å². The van der Waals surface area contributed by atoms with Crippen molar-refractivity contribution in [1.29, 1.82) is 0 Å². The van der Waals surface area contributed by atoms with Crippen molar-refractivity contribution in [2.75, 3.05) is 5.32 Å². The number of carbonyl (C=O) groups is 2. The summed E-state index contributed by atoms with van der Waals surface area (Å²) in [5.41, 5.74) is 3.61. The molecule has 2 aromatic heterocycles. The van der Waals surface area contributed by atoms with E-state index < -0.39 is 6.04 Å². The van der Waals surface area contributed by atoms with Gasteiger partial charge in [-0.3, -0.25) is 9.59 Å². The van der Waals surface area contributed by atoms with Crippen molar-refractivity contribution in [3.63, 3.8) is 0 Å². The lowest BCUT2D eigenvalue weighted by molar-refractivity contribution is -0.116. The van der Waals surface area contributed by atoms with Gasteiger partial charge in [0.25, 0.3) is 5.91 Å². The van der Waals surface area contributed by atoms with Gasteiger partial charge in [0.15, 0.2) is 11.5 Å². The Morgan fingerprint density at radius 3 is 2.97 bits per heavy atom. The van der Waals surface area contributed by atoms with E-state index in [-0.39, 0.29) is 23.9 Å². The molecule has 1 aliphatic rings. The second kappa shape index (κ2) is 6.90. The molecular weight excluding hydrogens is 370 g/mol. The van der Waals surface area contributed by atoms with Crippen LogP contribution in [0.4, 0.5) is 5.69 Å². The number of carbonyl (C=O) groups excluding carboxylic acids is 2. The molecule has 5 rings (SSSR count). The first kappa shape index (κ1) is 17.2. The Hall–Kier alpha value is -3.94. The van der Waals surface area contributed by atoms with Gasteiger partial charge in [0.2, 0.25) is 5.91 Å². The van der Waals surface area contributed by atoms with Crippen LogP contribution in [-0.4, -0.2) is 26.5 Å². The van der Waals surface area contributed by atoms with Crippen molar-refractivity contribution >= 4 is 28.5 Å². The van der Waals surface area contributed by atoms with Gasteiger partial charge in [0.05, 0.1) is 36.4 Å². The molecule has 4 aromatic rings. The largest absolute Gasteiger partial charge is 0.359 e. The molecule has 0 spiro atoms. The highest BCUT2D eigenvalue weighted by Gasteiger charge is 2.27. The van der Waals surface area contributed by atoms with E-state index in [1.165, 1.54) is 0 Å². The summed E-state index contributed by atoms with van der Waals surface area (Å²) < 4.78 is 7.28. The van der Waals surface area contributed by atoms with E-state index in [0.29, 0.717) is 18.0 Å². The predicted molar refractivity (Wildman–Crippen MR) is 105 cm³/mol. The molecule has 0 fully saturated rings. The highest BCUT2D eigenvalue weighted by atomic mass is 16.5. The molecule has 29 heavy (non-hydrogen) atoms. The Balaban J connectivity index is 1.33. The highest BCUT2D eigenvalue weighted by Crippen LogP contribution is 2.30. The average molecular weight is 387 g/mol. The van der Waals surface area contributed by atoms with Gasteiger partial charge in [-0.05, 0) is 23.8 Å². The smallest absolute Gasteiger partial charge is 0.273 e. The molecule has 3 heterocycles. The molecule has 1 atom stereocenters. The second-order valence-electron chi connectivity index (χ2n) is 6.91. The monoisotopic (exact) mass is 387 g/mol. The van der Waals surface area contributed by atoms with Crippen LogP contribution in [0.1, 0.15) is 34.3 Å². The minimum Gasteiger partial charge on any atom is -0.359 e. The quantitative estimate of drug-likeness (QED) is 0.561. The van der Waals surface area contributed by atoms with E-state index in [2.05, 4.69) is 20.8 Å². The number of nitrogens with zero attached hydrogens (tertiary/aromatic N) is 3. The fraction of sp³-hybridized carbons (Fsp3) is 0.143. The van der Waals surface area contributed by atoms with Crippen molar-refractivity contribution < 1.29 is 14.1 Å². The van der Waals surface area contributed by atoms with Crippen molar-refractivity contribution in [2.45, 2.75) is 19.0 Å². The summed E-state index contributed by atoms with van der Waals surface area (Å²) in [5, 5.41) is 9.59. The molecule has 8 heteroatoms. The van der Waals surface area contributed by atoms with Crippen molar-refractivity contribution in [3.8, 4) is 0 Å². The Bertz CT molecular complexity index is 1230. The number of imidazole rings is 1. The molecule has 0 bridgehead atoms. The van der Waals surface area contributed by atoms with Crippen LogP contribution in [0.2, 0.25) is 0 Å². The van der Waals surface area contributed by atoms with Crippen LogP contribution in [-0.2, 0) is 11.3 Å². The zero-order chi connectivity index (χ0) is 19.8. The van der Waals surface area contributed by atoms with E-state index in [9.17, 15) is 9.59 Å². The number of amides is 2. The zero-order valence-electron chi connectivity index (χ0n) is 15.3. The molecule has 0 radical (unpaired) electrons. The molecular formula is C21H17N5O3. The first-order valence-corrected chi connectivity index (χ1v) is 9.22. The summed E-state index contributed by atoms with van der Waals surface area (Å²) in [5.74, 6) is 0.0203. The van der Waals surface area contributed by atoms with Crippen LogP contribution in [0.3, 0.4) is 0 Å². The topological polar surface area (TPSA) is 102 Å². The standard InChI is InChI=1S/C21H17N5O3/c27-20-10-17(14-5-1-2-6-15(14)23-20)24-21(28)18-9-13(29-25-18)11-26-12-22-16-7-3-4-8-19(16)26/h1-9,12,17H,10-11H2,(H,23,27)(H,24,28)/t17-/m0/s1. The molecule has 0 saturated heterocycles. The van der Waals surface area contributed by atoms with E-state index in [0.717, 1.165) is 16.6 Å². The molecule has 144 valence electrons. The minimum atomic E-state index is -0.412. The lowest BCUT2D eigenvalue weighted by atomic mass is 9.97. The van der Waals surface area contributed by atoms with Gasteiger partial charge in [-0.25, -0.2) is 4.98 Å². The number of nitrogens with one attached hydrogen (secondary N) is 2. The zero-order valence-corrected chi connectivity index (χ0v) is 15.3. The third-order valence-electron chi connectivity index (χ3n) is 4.95. The summed E-state index contributed by atoms with van der Waals surface area (Å²) in [7, 11) is 0. The predicted octanol–water partition coefficient (Wildman–Crippen LogP) is 2.89. The number of aromatic nitrogens is 3. The number of hydrogen-bond donors (Lipinski definition) is 2. The van der Waals surface area contributed by atoms with Crippen LogP contribution in [0.15, 0.2) is 65.4 Å². The maximum absolute atomic E-state index is 12.7. The van der Waals surface area contributed by atoms with Crippen LogP contribution >= 0.6 is 0 Å². The number of anilines is 1. The number of hydrogen-bond acceptors (Lipinski definition) is 5. The van der Waals surface area contributed by atoms with Crippen molar-refractivity contribution in [3.05, 3.63) is 77.9 Å². The van der Waals surface area contributed by atoms with E-state index in [4.69, 9.17) is 4.52 Å². The highest BCUT2D eigenvalue weighted by molar-refractivity contribution is 5.97. The third-order valence-corrected chi connectivity index (χ3v) is 4.95. The molecule has 0 saturated carbocycles. The van der Waals surface area contributed by atoms with Crippen molar-refractivity contribution in [2.24, 2.45) is 0 Å². The second-order valence-corrected chi connectivity index (χ2v) is 6.91.